The molecule has 126 valence electrons. The first-order chi connectivity index (χ1) is 11.9. The summed E-state index contributed by atoms with van der Waals surface area (Å²) in [6.07, 6.45) is 0. The van der Waals surface area contributed by atoms with E-state index in [0.717, 1.165) is 12.1 Å². The lowest BCUT2D eigenvalue weighted by molar-refractivity contribution is -0.481. The van der Waals surface area contributed by atoms with Crippen molar-refractivity contribution in [3.8, 4) is 0 Å². The largest absolute Gasteiger partial charge is 0.507 e. The fraction of sp³-hybridized carbons (Fsp3) is 0.111. The fourth-order valence-corrected chi connectivity index (χ4v) is 2.92. The molecule has 7 heteroatoms. The van der Waals surface area contributed by atoms with Crippen LogP contribution in [0, 0.1) is 15.9 Å². The van der Waals surface area contributed by atoms with Crippen LogP contribution in [-0.2, 0) is 4.79 Å². The summed E-state index contributed by atoms with van der Waals surface area (Å²) in [7, 11) is 0. The van der Waals surface area contributed by atoms with Gasteiger partial charge in [-0.05, 0) is 17.7 Å². The number of Topliss-reactive ketones (excluding diaryl/α,β-unsaturated/α-hetero) is 2. The number of benzene rings is 2. The van der Waals surface area contributed by atoms with E-state index < -0.39 is 40.5 Å². The molecular weight excluding hydrogens is 329 g/mol. The molecule has 0 aromatic heterocycles. The summed E-state index contributed by atoms with van der Waals surface area (Å²) in [6.45, 7) is -0.716. The Hall–Kier alpha value is -3.35. The van der Waals surface area contributed by atoms with Crippen LogP contribution in [0.3, 0.4) is 0 Å². The lowest BCUT2D eigenvalue weighted by Crippen LogP contribution is -2.30. The lowest BCUT2D eigenvalue weighted by atomic mass is 9.79. The topological polar surface area (TPSA) is 97.5 Å². The molecular formula is C18H12FNO5. The SMILES string of the molecule is O=C1C(=O)c2ccccc2C(O)=C1[C@H](C[N+](=O)[O-])c1ccc(F)cc1. The number of nitro groups is 1. The van der Waals surface area contributed by atoms with Gasteiger partial charge < -0.3 is 5.11 Å². The normalized spacial score (nSPS) is 15.1. The highest BCUT2D eigenvalue weighted by molar-refractivity contribution is 6.52. The highest BCUT2D eigenvalue weighted by atomic mass is 19.1. The molecule has 2 aromatic rings. The van der Waals surface area contributed by atoms with E-state index in [-0.39, 0.29) is 22.3 Å². The number of ketones is 2. The second kappa shape index (κ2) is 6.27. The summed E-state index contributed by atoms with van der Waals surface area (Å²) in [4.78, 5) is 35.2. The van der Waals surface area contributed by atoms with Gasteiger partial charge in [-0.2, -0.15) is 0 Å². The zero-order valence-corrected chi connectivity index (χ0v) is 12.8. The number of rotatable bonds is 4. The monoisotopic (exact) mass is 341 g/mol. The van der Waals surface area contributed by atoms with Crippen LogP contribution in [0.25, 0.3) is 5.76 Å². The fourth-order valence-electron chi connectivity index (χ4n) is 2.92. The molecule has 0 amide bonds. The number of aliphatic hydroxyl groups excluding tert-OH is 1. The van der Waals surface area contributed by atoms with E-state index in [1.807, 2.05) is 0 Å². The number of halogens is 1. The third-order valence-corrected chi connectivity index (χ3v) is 4.09. The zero-order valence-electron chi connectivity index (χ0n) is 12.8. The van der Waals surface area contributed by atoms with Crippen molar-refractivity contribution >= 4 is 17.3 Å². The number of nitrogens with zero attached hydrogens (tertiary/aromatic N) is 1. The smallest absolute Gasteiger partial charge is 0.234 e. The molecule has 1 aliphatic carbocycles. The molecule has 0 bridgehead atoms. The van der Waals surface area contributed by atoms with Crippen molar-refractivity contribution in [2.75, 3.05) is 6.54 Å². The van der Waals surface area contributed by atoms with E-state index in [0.29, 0.717) is 0 Å². The molecule has 3 rings (SSSR count). The highest BCUT2D eigenvalue weighted by Gasteiger charge is 2.39. The number of hydrogen-bond donors (Lipinski definition) is 1. The molecule has 0 radical (unpaired) electrons. The summed E-state index contributed by atoms with van der Waals surface area (Å²) in [5.74, 6) is -4.00. The van der Waals surface area contributed by atoms with Crippen LogP contribution in [0.15, 0.2) is 54.1 Å². The third kappa shape index (κ3) is 2.91. The molecule has 1 N–H and O–H groups in total. The van der Waals surface area contributed by atoms with E-state index in [2.05, 4.69) is 0 Å². The van der Waals surface area contributed by atoms with Crippen LogP contribution < -0.4 is 0 Å². The molecule has 2 aromatic carbocycles. The summed E-state index contributed by atoms with van der Waals surface area (Å²) in [5.41, 5.74) is 0.123. The van der Waals surface area contributed by atoms with Crippen molar-refractivity contribution < 1.29 is 24.0 Å². The first-order valence-corrected chi connectivity index (χ1v) is 7.39. The summed E-state index contributed by atoms with van der Waals surface area (Å²) >= 11 is 0. The Kier molecular flexibility index (Phi) is 4.14. The molecule has 0 unspecified atom stereocenters. The highest BCUT2D eigenvalue weighted by Crippen LogP contribution is 2.36. The number of fused-ring (bicyclic) bond motifs is 1. The van der Waals surface area contributed by atoms with Gasteiger partial charge in [0.25, 0.3) is 0 Å². The Bertz CT molecular complexity index is 917. The van der Waals surface area contributed by atoms with Crippen molar-refractivity contribution in [2.24, 2.45) is 0 Å². The Morgan fingerprint density at radius 3 is 2.20 bits per heavy atom. The molecule has 0 aliphatic heterocycles. The standard InChI is InChI=1S/C18H12FNO5/c19-11-7-5-10(6-8-11)14(9-20(24)25)15-16(21)12-3-1-2-4-13(12)17(22)18(15)23/h1-8,14,21H,9H2/t14-/m1/s1. The Balaban J connectivity index is 2.20. The van der Waals surface area contributed by atoms with E-state index in [1.54, 1.807) is 12.1 Å². The average molecular weight is 341 g/mol. The van der Waals surface area contributed by atoms with Gasteiger partial charge in [-0.15, -0.1) is 0 Å². The van der Waals surface area contributed by atoms with Gasteiger partial charge in [0.05, 0.1) is 11.5 Å². The quantitative estimate of drug-likeness (QED) is 0.524. The minimum Gasteiger partial charge on any atom is -0.507 e. The molecule has 1 atom stereocenters. The van der Waals surface area contributed by atoms with Crippen molar-refractivity contribution in [3.63, 3.8) is 0 Å². The average Bonchev–Trinajstić information content (AvgIpc) is 2.59. The summed E-state index contributed by atoms with van der Waals surface area (Å²) in [5, 5.41) is 21.6. The zero-order chi connectivity index (χ0) is 18.1. The van der Waals surface area contributed by atoms with Gasteiger partial charge in [0.2, 0.25) is 18.1 Å². The first kappa shape index (κ1) is 16.5. The van der Waals surface area contributed by atoms with Gasteiger partial charge in [0.15, 0.2) is 0 Å². The van der Waals surface area contributed by atoms with Gasteiger partial charge in [-0.3, -0.25) is 19.7 Å². The number of carbonyl (C=O) groups is 2. The van der Waals surface area contributed by atoms with Gasteiger partial charge in [-0.25, -0.2) is 4.39 Å². The van der Waals surface area contributed by atoms with Crippen LogP contribution in [0.5, 0.6) is 0 Å². The minimum absolute atomic E-state index is 0.0488. The maximum absolute atomic E-state index is 13.2. The molecule has 25 heavy (non-hydrogen) atoms. The lowest BCUT2D eigenvalue weighted by Gasteiger charge is -2.22. The van der Waals surface area contributed by atoms with E-state index in [1.165, 1.54) is 24.3 Å². The number of hydrogen-bond acceptors (Lipinski definition) is 5. The van der Waals surface area contributed by atoms with Crippen LogP contribution in [-0.4, -0.2) is 28.1 Å². The summed E-state index contributed by atoms with van der Waals surface area (Å²) in [6, 6.07) is 10.8. The maximum atomic E-state index is 13.2. The molecule has 0 saturated heterocycles. The van der Waals surface area contributed by atoms with E-state index >= 15 is 0 Å². The van der Waals surface area contributed by atoms with Gasteiger partial charge in [0.1, 0.15) is 11.6 Å². The van der Waals surface area contributed by atoms with Crippen molar-refractivity contribution in [1.29, 1.82) is 0 Å². The number of aliphatic hydroxyl groups is 1. The van der Waals surface area contributed by atoms with E-state index in [4.69, 9.17) is 0 Å². The molecule has 1 aliphatic rings. The molecule has 6 nitrogen and oxygen atoms in total. The molecule has 0 heterocycles. The predicted molar refractivity (Wildman–Crippen MR) is 86.3 cm³/mol. The third-order valence-electron chi connectivity index (χ3n) is 4.09. The Morgan fingerprint density at radius 1 is 1.00 bits per heavy atom. The van der Waals surface area contributed by atoms with Crippen molar-refractivity contribution in [3.05, 3.63) is 86.7 Å². The van der Waals surface area contributed by atoms with Crippen LogP contribution >= 0.6 is 0 Å². The second-order valence-corrected chi connectivity index (χ2v) is 5.59. The van der Waals surface area contributed by atoms with E-state index in [9.17, 15) is 29.2 Å². The Morgan fingerprint density at radius 2 is 1.60 bits per heavy atom. The van der Waals surface area contributed by atoms with Gasteiger partial charge >= 0.3 is 0 Å². The Labute approximate surface area is 141 Å². The number of carbonyl (C=O) groups excluding carboxylic acids is 2. The van der Waals surface area contributed by atoms with Crippen LogP contribution in [0.2, 0.25) is 0 Å². The van der Waals surface area contributed by atoms with Crippen LogP contribution in [0.1, 0.15) is 27.4 Å². The maximum Gasteiger partial charge on any atom is 0.234 e. The molecule has 0 fully saturated rings. The second-order valence-electron chi connectivity index (χ2n) is 5.59. The van der Waals surface area contributed by atoms with Crippen molar-refractivity contribution in [2.45, 2.75) is 5.92 Å². The van der Waals surface area contributed by atoms with Crippen molar-refractivity contribution in [1.82, 2.24) is 0 Å². The molecule has 0 saturated carbocycles. The van der Waals surface area contributed by atoms with Gasteiger partial charge in [-0.1, -0.05) is 36.4 Å². The minimum atomic E-state index is -1.17. The van der Waals surface area contributed by atoms with Crippen LogP contribution in [0.4, 0.5) is 4.39 Å². The predicted octanol–water partition coefficient (Wildman–Crippen LogP) is 2.92. The summed E-state index contributed by atoms with van der Waals surface area (Å²) < 4.78 is 13.2. The first-order valence-electron chi connectivity index (χ1n) is 7.39. The van der Waals surface area contributed by atoms with Gasteiger partial charge in [0, 0.05) is 16.1 Å². The molecule has 0 spiro atoms.